The van der Waals surface area contributed by atoms with Gasteiger partial charge < -0.3 is 10.2 Å². The van der Waals surface area contributed by atoms with E-state index in [0.29, 0.717) is 6.04 Å². The second kappa shape index (κ2) is 6.70. The molecular weight excluding hydrogens is 192 g/mol. The summed E-state index contributed by atoms with van der Waals surface area (Å²) in [4.78, 5) is 2.52. The average Bonchev–Trinajstić information content (AvgIpc) is 2.21. The van der Waals surface area contributed by atoms with E-state index in [1.165, 1.54) is 37.4 Å². The fraction of sp³-hybridized carbons (Fsp3) is 1.00. The molecule has 1 saturated heterocycles. The first-order valence-electron chi connectivity index (χ1n) is 5.79. The minimum Gasteiger partial charge on any atom is -0.311 e. The van der Waals surface area contributed by atoms with E-state index < -0.39 is 0 Å². The van der Waals surface area contributed by atoms with Gasteiger partial charge in [0.15, 0.2) is 0 Å². The summed E-state index contributed by atoms with van der Waals surface area (Å²) in [5.41, 5.74) is 0. The number of rotatable bonds is 5. The number of likely N-dealkylation sites (N-methyl/N-ethyl adjacent to an activating group) is 1. The largest absolute Gasteiger partial charge is 0.311 e. The highest BCUT2D eigenvalue weighted by molar-refractivity contribution is 7.99. The van der Waals surface area contributed by atoms with Crippen LogP contribution in [0.4, 0.5) is 0 Å². The van der Waals surface area contributed by atoms with Crippen LogP contribution in [0.25, 0.3) is 0 Å². The van der Waals surface area contributed by atoms with E-state index in [1.807, 2.05) is 0 Å². The summed E-state index contributed by atoms with van der Waals surface area (Å²) in [5.74, 6) is 2.57. The number of hydrogen-bond donors (Lipinski definition) is 1. The first-order chi connectivity index (χ1) is 6.77. The molecule has 0 bridgehead atoms. The van der Waals surface area contributed by atoms with Crippen molar-refractivity contribution in [2.24, 2.45) is 0 Å². The van der Waals surface area contributed by atoms with Crippen LogP contribution in [0.15, 0.2) is 0 Å². The quantitative estimate of drug-likeness (QED) is 0.754. The van der Waals surface area contributed by atoms with Crippen LogP contribution in [0.3, 0.4) is 0 Å². The third-order valence-electron chi connectivity index (χ3n) is 3.07. The first kappa shape index (κ1) is 12.3. The summed E-state index contributed by atoms with van der Waals surface area (Å²) in [6.45, 7) is 6.97. The Morgan fingerprint density at radius 1 is 1.43 bits per heavy atom. The van der Waals surface area contributed by atoms with Crippen molar-refractivity contribution >= 4 is 11.8 Å². The molecule has 1 aliphatic heterocycles. The molecule has 84 valence electrons. The van der Waals surface area contributed by atoms with Crippen LogP contribution < -0.4 is 5.32 Å². The molecule has 1 heterocycles. The van der Waals surface area contributed by atoms with E-state index in [1.54, 1.807) is 0 Å². The molecule has 0 amide bonds. The van der Waals surface area contributed by atoms with Gasteiger partial charge in [-0.05, 0) is 19.9 Å². The molecule has 1 fully saturated rings. The number of thioether (sulfide) groups is 1. The molecule has 0 aromatic rings. The van der Waals surface area contributed by atoms with Gasteiger partial charge in [-0.25, -0.2) is 0 Å². The molecular formula is C11H24N2S. The second-order valence-corrected chi connectivity index (χ2v) is 5.29. The summed E-state index contributed by atoms with van der Waals surface area (Å²) >= 11 is 2.08. The predicted octanol–water partition coefficient (Wildman–Crippen LogP) is 1.81. The van der Waals surface area contributed by atoms with Gasteiger partial charge in [0.05, 0.1) is 0 Å². The van der Waals surface area contributed by atoms with Crippen LogP contribution >= 0.6 is 11.8 Å². The van der Waals surface area contributed by atoms with Gasteiger partial charge in [0.25, 0.3) is 0 Å². The van der Waals surface area contributed by atoms with E-state index in [4.69, 9.17) is 0 Å². The normalized spacial score (nSPS) is 23.4. The molecule has 0 aromatic carbocycles. The van der Waals surface area contributed by atoms with Gasteiger partial charge in [-0.3, -0.25) is 0 Å². The third kappa shape index (κ3) is 3.79. The van der Waals surface area contributed by atoms with Crippen molar-refractivity contribution in [3.05, 3.63) is 0 Å². The van der Waals surface area contributed by atoms with Crippen molar-refractivity contribution in [1.82, 2.24) is 10.2 Å². The van der Waals surface area contributed by atoms with Crippen molar-refractivity contribution in [1.29, 1.82) is 0 Å². The molecule has 0 aliphatic carbocycles. The van der Waals surface area contributed by atoms with Crippen LogP contribution in [0.1, 0.15) is 26.7 Å². The number of nitrogens with zero attached hydrogens (tertiary/aromatic N) is 1. The van der Waals surface area contributed by atoms with Gasteiger partial charge in [-0.1, -0.05) is 13.8 Å². The molecule has 0 aromatic heterocycles. The highest BCUT2D eigenvalue weighted by atomic mass is 32.2. The summed E-state index contributed by atoms with van der Waals surface area (Å²) in [6.07, 6.45) is 2.54. The minimum atomic E-state index is 0.708. The van der Waals surface area contributed by atoms with Gasteiger partial charge in [0, 0.05) is 36.7 Å². The maximum Gasteiger partial charge on any atom is 0.0285 e. The summed E-state index contributed by atoms with van der Waals surface area (Å²) in [7, 11) is 2.26. The molecule has 1 aliphatic rings. The SMILES string of the molecule is CCC(CC)N(C)CC1CSCCN1. The Morgan fingerprint density at radius 3 is 2.64 bits per heavy atom. The zero-order valence-corrected chi connectivity index (χ0v) is 10.6. The van der Waals surface area contributed by atoms with Crippen molar-refractivity contribution < 1.29 is 0 Å². The molecule has 2 nitrogen and oxygen atoms in total. The zero-order valence-electron chi connectivity index (χ0n) is 9.75. The third-order valence-corrected chi connectivity index (χ3v) is 4.20. The Kier molecular flexibility index (Phi) is 5.90. The number of nitrogens with one attached hydrogen (secondary N) is 1. The van der Waals surface area contributed by atoms with Gasteiger partial charge >= 0.3 is 0 Å². The Morgan fingerprint density at radius 2 is 2.14 bits per heavy atom. The predicted molar refractivity (Wildman–Crippen MR) is 66.1 cm³/mol. The lowest BCUT2D eigenvalue weighted by Gasteiger charge is -2.32. The van der Waals surface area contributed by atoms with Gasteiger partial charge in [-0.2, -0.15) is 11.8 Å². The van der Waals surface area contributed by atoms with Crippen molar-refractivity contribution in [2.45, 2.75) is 38.8 Å². The molecule has 1 N–H and O–H groups in total. The van der Waals surface area contributed by atoms with Gasteiger partial charge in [0.2, 0.25) is 0 Å². The summed E-state index contributed by atoms with van der Waals surface area (Å²) in [6, 6.07) is 1.48. The highest BCUT2D eigenvalue weighted by Crippen LogP contribution is 2.11. The molecule has 0 radical (unpaired) electrons. The molecule has 3 heteroatoms. The highest BCUT2D eigenvalue weighted by Gasteiger charge is 2.18. The van der Waals surface area contributed by atoms with E-state index in [2.05, 4.69) is 42.9 Å². The van der Waals surface area contributed by atoms with E-state index in [9.17, 15) is 0 Å². The van der Waals surface area contributed by atoms with Crippen LogP contribution in [-0.4, -0.2) is 48.6 Å². The topological polar surface area (TPSA) is 15.3 Å². The van der Waals surface area contributed by atoms with E-state index in [0.717, 1.165) is 6.04 Å². The van der Waals surface area contributed by atoms with Crippen LogP contribution in [0.5, 0.6) is 0 Å². The fourth-order valence-corrected chi connectivity index (χ4v) is 3.08. The molecule has 1 rings (SSSR count). The van der Waals surface area contributed by atoms with Crippen molar-refractivity contribution in [2.75, 3.05) is 31.6 Å². The minimum absolute atomic E-state index is 0.708. The lowest BCUT2D eigenvalue weighted by Crippen LogP contribution is -2.47. The standard InChI is InChI=1S/C11H24N2S/c1-4-11(5-2)13(3)8-10-9-14-7-6-12-10/h10-12H,4-9H2,1-3H3. The molecule has 14 heavy (non-hydrogen) atoms. The Bertz CT molecular complexity index is 142. The fourth-order valence-electron chi connectivity index (χ4n) is 2.15. The van der Waals surface area contributed by atoms with E-state index in [-0.39, 0.29) is 0 Å². The van der Waals surface area contributed by atoms with Crippen LogP contribution in [0, 0.1) is 0 Å². The smallest absolute Gasteiger partial charge is 0.0285 e. The molecule has 0 spiro atoms. The lowest BCUT2D eigenvalue weighted by molar-refractivity contribution is 0.211. The lowest BCUT2D eigenvalue weighted by atomic mass is 10.1. The Labute approximate surface area is 92.8 Å². The van der Waals surface area contributed by atoms with E-state index >= 15 is 0 Å². The van der Waals surface area contributed by atoms with Gasteiger partial charge in [0.1, 0.15) is 0 Å². The maximum atomic E-state index is 3.59. The molecule has 1 unspecified atom stereocenters. The maximum absolute atomic E-state index is 3.59. The Hall–Kier alpha value is 0.270. The van der Waals surface area contributed by atoms with Crippen molar-refractivity contribution in [3.63, 3.8) is 0 Å². The van der Waals surface area contributed by atoms with Crippen LogP contribution in [0.2, 0.25) is 0 Å². The van der Waals surface area contributed by atoms with Crippen LogP contribution in [-0.2, 0) is 0 Å². The monoisotopic (exact) mass is 216 g/mol. The summed E-state index contributed by atoms with van der Waals surface area (Å²) < 4.78 is 0. The average molecular weight is 216 g/mol. The Balaban J connectivity index is 2.26. The van der Waals surface area contributed by atoms with Gasteiger partial charge in [-0.15, -0.1) is 0 Å². The molecule has 1 atom stereocenters. The number of hydrogen-bond acceptors (Lipinski definition) is 3. The second-order valence-electron chi connectivity index (χ2n) is 4.14. The zero-order chi connectivity index (χ0) is 10.4. The summed E-state index contributed by atoms with van der Waals surface area (Å²) in [5, 5.41) is 3.59. The van der Waals surface area contributed by atoms with Crippen molar-refractivity contribution in [3.8, 4) is 0 Å². The molecule has 0 saturated carbocycles. The first-order valence-corrected chi connectivity index (χ1v) is 6.94.